The molecule has 0 spiro atoms. The van der Waals surface area contributed by atoms with Gasteiger partial charge in [-0.15, -0.1) is 0 Å². The summed E-state index contributed by atoms with van der Waals surface area (Å²) in [5, 5.41) is 0. The van der Waals surface area contributed by atoms with Gasteiger partial charge in [0.15, 0.2) is 0 Å². The molecule has 0 aromatic heterocycles. The summed E-state index contributed by atoms with van der Waals surface area (Å²) in [5.41, 5.74) is 0. The zero-order chi connectivity index (χ0) is 23.9. The molecule has 0 aromatic carbocycles. The molecule has 1 radical (unpaired) electrons. The second-order valence-corrected chi connectivity index (χ2v) is 10.7. The molecule has 0 unspecified atom stereocenters. The Bertz CT molecular complexity index is 284. The van der Waals surface area contributed by atoms with Gasteiger partial charge in [0.1, 0.15) is 0 Å². The van der Waals surface area contributed by atoms with Gasteiger partial charge in [0, 0.05) is 13.2 Å². The van der Waals surface area contributed by atoms with E-state index >= 15 is 0 Å². The summed E-state index contributed by atoms with van der Waals surface area (Å²) in [4.78, 5) is 0. The first-order valence-electron chi connectivity index (χ1n) is 15.8. The lowest BCUT2D eigenvalue weighted by molar-refractivity contribution is 0.130. The Morgan fingerprint density at radius 2 is 0.576 bits per heavy atom. The van der Waals surface area contributed by atoms with E-state index < -0.39 is 0 Å². The highest BCUT2D eigenvalue weighted by atomic mass is 16.5. The van der Waals surface area contributed by atoms with Crippen molar-refractivity contribution in [2.45, 2.75) is 187 Å². The van der Waals surface area contributed by atoms with E-state index in [0.717, 1.165) is 26.1 Å². The van der Waals surface area contributed by atoms with Crippen LogP contribution in [-0.2, 0) is 4.74 Å². The molecule has 0 saturated carbocycles. The zero-order valence-electron chi connectivity index (χ0n) is 23.3. The van der Waals surface area contributed by atoms with Crippen LogP contribution in [0.25, 0.3) is 0 Å². The molecule has 0 bridgehead atoms. The molecule has 1 heteroatoms. The molecule has 0 aliphatic carbocycles. The summed E-state index contributed by atoms with van der Waals surface area (Å²) >= 11 is 0. The Balaban J connectivity index is 2.99. The van der Waals surface area contributed by atoms with Crippen LogP contribution in [0.5, 0.6) is 0 Å². The smallest absolute Gasteiger partial charge is 0.0466 e. The van der Waals surface area contributed by atoms with Crippen LogP contribution in [0, 0.1) is 6.92 Å². The van der Waals surface area contributed by atoms with Crippen LogP contribution in [0.15, 0.2) is 0 Å². The molecule has 1 nitrogen and oxygen atoms in total. The summed E-state index contributed by atoms with van der Waals surface area (Å²) in [5.74, 6) is 0. The van der Waals surface area contributed by atoms with E-state index in [0.29, 0.717) is 0 Å². The normalized spacial score (nSPS) is 11.5. The van der Waals surface area contributed by atoms with E-state index in [1.54, 1.807) is 0 Å². The van der Waals surface area contributed by atoms with Crippen molar-refractivity contribution < 1.29 is 4.74 Å². The van der Waals surface area contributed by atoms with E-state index in [1.807, 2.05) is 0 Å². The molecule has 0 heterocycles. The molecule has 0 aliphatic heterocycles. The molecular formula is C32H65O. The summed E-state index contributed by atoms with van der Waals surface area (Å²) < 4.78 is 5.54. The van der Waals surface area contributed by atoms with Gasteiger partial charge in [-0.2, -0.15) is 0 Å². The van der Waals surface area contributed by atoms with Crippen LogP contribution < -0.4 is 0 Å². The maximum absolute atomic E-state index is 5.54. The lowest BCUT2D eigenvalue weighted by Crippen LogP contribution is -1.95. The van der Waals surface area contributed by atoms with Gasteiger partial charge in [-0.25, -0.2) is 0 Å². The van der Waals surface area contributed by atoms with Crippen LogP contribution in [0.2, 0.25) is 0 Å². The Hall–Kier alpha value is -0.0400. The minimum absolute atomic E-state index is 0.943. The predicted molar refractivity (Wildman–Crippen MR) is 151 cm³/mol. The highest BCUT2D eigenvalue weighted by Crippen LogP contribution is 2.16. The van der Waals surface area contributed by atoms with E-state index in [1.165, 1.54) is 167 Å². The average molecular weight is 466 g/mol. The molecule has 0 aromatic rings. The first-order valence-corrected chi connectivity index (χ1v) is 15.8. The van der Waals surface area contributed by atoms with Crippen molar-refractivity contribution in [3.05, 3.63) is 6.92 Å². The summed E-state index contributed by atoms with van der Waals surface area (Å²) in [6.45, 7) is 8.02. The monoisotopic (exact) mass is 466 g/mol. The molecule has 0 fully saturated rings. The Labute approximate surface area is 211 Å². The fourth-order valence-electron chi connectivity index (χ4n) is 4.87. The Kier molecular flexibility index (Phi) is 31.9. The van der Waals surface area contributed by atoms with Crippen molar-refractivity contribution in [3.8, 4) is 0 Å². The predicted octanol–water partition coefficient (Wildman–Crippen LogP) is 11.8. The molecule has 0 N–H and O–H groups in total. The van der Waals surface area contributed by atoms with Crippen molar-refractivity contribution in [1.82, 2.24) is 0 Å². The molecule has 0 amide bonds. The average Bonchev–Trinajstić information content (AvgIpc) is 2.83. The lowest BCUT2D eigenvalue weighted by Gasteiger charge is -2.05. The van der Waals surface area contributed by atoms with Crippen molar-refractivity contribution in [1.29, 1.82) is 0 Å². The fourth-order valence-corrected chi connectivity index (χ4v) is 4.87. The topological polar surface area (TPSA) is 9.23 Å². The summed E-state index contributed by atoms with van der Waals surface area (Å²) in [6, 6.07) is 0. The van der Waals surface area contributed by atoms with Crippen molar-refractivity contribution in [2.75, 3.05) is 13.2 Å². The maximum atomic E-state index is 5.54. The van der Waals surface area contributed by atoms with E-state index in [4.69, 9.17) is 4.74 Å². The first-order chi connectivity index (χ1) is 16.4. The van der Waals surface area contributed by atoms with Crippen LogP contribution >= 0.6 is 0 Å². The van der Waals surface area contributed by atoms with Crippen molar-refractivity contribution in [2.24, 2.45) is 0 Å². The van der Waals surface area contributed by atoms with Crippen LogP contribution in [0.1, 0.15) is 187 Å². The van der Waals surface area contributed by atoms with Gasteiger partial charge in [0.25, 0.3) is 0 Å². The number of unbranched alkanes of at least 4 members (excludes halogenated alkanes) is 26. The summed E-state index contributed by atoms with van der Waals surface area (Å²) in [7, 11) is 0. The van der Waals surface area contributed by atoms with Gasteiger partial charge in [0.2, 0.25) is 0 Å². The Morgan fingerprint density at radius 1 is 0.333 bits per heavy atom. The molecule has 0 rings (SSSR count). The van der Waals surface area contributed by atoms with E-state index in [2.05, 4.69) is 13.8 Å². The van der Waals surface area contributed by atoms with Gasteiger partial charge >= 0.3 is 0 Å². The number of rotatable bonds is 30. The standard InChI is InChI=1S/C32H65O/c1-3-5-6-7-8-9-10-11-12-13-14-15-16-17-18-19-20-21-22-23-24-25-26-27-28-29-30-32-33-31-4-2/h1,3-32H2,2H3. The third-order valence-corrected chi connectivity index (χ3v) is 7.14. The first kappa shape index (κ1) is 33.0. The zero-order valence-corrected chi connectivity index (χ0v) is 23.3. The van der Waals surface area contributed by atoms with Crippen molar-refractivity contribution >= 4 is 0 Å². The van der Waals surface area contributed by atoms with Gasteiger partial charge in [-0.3, -0.25) is 0 Å². The fraction of sp³-hybridized carbons (Fsp3) is 0.969. The number of hydrogen-bond donors (Lipinski definition) is 0. The highest BCUT2D eigenvalue weighted by molar-refractivity contribution is 4.52. The third-order valence-electron chi connectivity index (χ3n) is 7.14. The summed E-state index contributed by atoms with van der Waals surface area (Å²) in [6.07, 6.45) is 39.9. The molecule has 199 valence electrons. The number of ether oxygens (including phenoxy) is 1. The molecule has 33 heavy (non-hydrogen) atoms. The molecule has 0 aliphatic rings. The maximum Gasteiger partial charge on any atom is 0.0466 e. The lowest BCUT2D eigenvalue weighted by atomic mass is 10.0. The quantitative estimate of drug-likeness (QED) is 0.0958. The van der Waals surface area contributed by atoms with Crippen LogP contribution in [0.3, 0.4) is 0 Å². The molecular weight excluding hydrogens is 400 g/mol. The van der Waals surface area contributed by atoms with Gasteiger partial charge in [-0.1, -0.05) is 181 Å². The minimum Gasteiger partial charge on any atom is -0.381 e. The van der Waals surface area contributed by atoms with Gasteiger partial charge in [0.05, 0.1) is 0 Å². The van der Waals surface area contributed by atoms with Gasteiger partial charge < -0.3 is 4.74 Å². The number of hydrogen-bond acceptors (Lipinski definition) is 1. The van der Waals surface area contributed by atoms with Crippen LogP contribution in [0.4, 0.5) is 0 Å². The van der Waals surface area contributed by atoms with Gasteiger partial charge in [-0.05, 0) is 12.8 Å². The SMILES string of the molecule is [CH2]CCCCCCCCCCCCCCCCCCCCCCCCCCCCOCCC. The molecule has 0 saturated heterocycles. The van der Waals surface area contributed by atoms with Crippen molar-refractivity contribution in [3.63, 3.8) is 0 Å². The molecule has 0 atom stereocenters. The third kappa shape index (κ3) is 32.0. The van der Waals surface area contributed by atoms with E-state index in [-0.39, 0.29) is 0 Å². The second kappa shape index (κ2) is 32.0. The largest absolute Gasteiger partial charge is 0.381 e. The van der Waals surface area contributed by atoms with E-state index in [9.17, 15) is 0 Å². The Morgan fingerprint density at radius 3 is 0.818 bits per heavy atom. The highest BCUT2D eigenvalue weighted by Gasteiger charge is 1.96. The minimum atomic E-state index is 0.943. The second-order valence-electron chi connectivity index (χ2n) is 10.7. The van der Waals surface area contributed by atoms with Crippen LogP contribution in [-0.4, -0.2) is 13.2 Å².